The van der Waals surface area contributed by atoms with Crippen molar-refractivity contribution in [3.05, 3.63) is 11.8 Å². The zero-order valence-electron chi connectivity index (χ0n) is 10.7. The van der Waals surface area contributed by atoms with Gasteiger partial charge in [0.25, 0.3) is 10.0 Å². The number of hydrogen-bond donors (Lipinski definition) is 2. The van der Waals surface area contributed by atoms with E-state index < -0.39 is 31.8 Å². The minimum Gasteiger partial charge on any atom is -0.392 e. The molecule has 8 nitrogen and oxygen atoms in total. The molecular weight excluding hydrogens is 326 g/mol. The highest BCUT2D eigenvalue weighted by molar-refractivity contribution is 8.01. The fraction of sp³-hybridized carbons (Fsp3) is 0.667. The first-order valence-corrected chi connectivity index (χ1v) is 10.2. The lowest BCUT2D eigenvalue weighted by Gasteiger charge is -2.32. The Bertz CT molecular complexity index is 681. The summed E-state index contributed by atoms with van der Waals surface area (Å²) in [6, 6.07) is 0. The lowest BCUT2D eigenvalue weighted by atomic mass is 10.4. The number of aromatic nitrogens is 2. The Labute approximate surface area is 121 Å². The van der Waals surface area contributed by atoms with E-state index in [1.807, 2.05) is 0 Å². The van der Waals surface area contributed by atoms with Crippen molar-refractivity contribution < 1.29 is 21.9 Å². The van der Waals surface area contributed by atoms with Gasteiger partial charge >= 0.3 is 0 Å². The maximum atomic E-state index is 12.6. The summed E-state index contributed by atoms with van der Waals surface area (Å²) < 4.78 is 49.6. The average molecular weight is 341 g/mol. The van der Waals surface area contributed by atoms with Gasteiger partial charge in [-0.15, -0.1) is 0 Å². The van der Waals surface area contributed by atoms with Crippen LogP contribution < -0.4 is 0 Å². The van der Waals surface area contributed by atoms with E-state index in [0.29, 0.717) is 5.75 Å². The molecule has 1 atom stereocenters. The second-order valence-electron chi connectivity index (χ2n) is 4.36. The standard InChI is InChI=1S/C9H15N3O5S3/c1-19(14,15)8-6-18-3-2-12(8)20(16,17)9-7(5-13)4-10-11-9/h4,8,13H,2-3,5-6H2,1H3,(H,10,11). The lowest BCUT2D eigenvalue weighted by Crippen LogP contribution is -2.50. The number of sulfonamides is 1. The molecule has 1 fully saturated rings. The maximum absolute atomic E-state index is 12.6. The third kappa shape index (κ3) is 2.86. The van der Waals surface area contributed by atoms with Crippen molar-refractivity contribution >= 4 is 31.6 Å². The number of H-pyrrole nitrogens is 1. The fourth-order valence-corrected chi connectivity index (χ4v) is 7.20. The van der Waals surface area contributed by atoms with Crippen LogP contribution >= 0.6 is 11.8 Å². The second kappa shape index (κ2) is 5.64. The summed E-state index contributed by atoms with van der Waals surface area (Å²) in [5.41, 5.74) is 0.121. The molecule has 0 aromatic carbocycles. The number of sulfone groups is 1. The molecule has 1 aliphatic rings. The molecule has 0 amide bonds. The molecule has 0 saturated carbocycles. The minimum absolute atomic E-state index is 0.106. The number of aromatic amines is 1. The predicted molar refractivity (Wildman–Crippen MR) is 74.4 cm³/mol. The highest BCUT2D eigenvalue weighted by Crippen LogP contribution is 2.27. The maximum Gasteiger partial charge on any atom is 0.261 e. The van der Waals surface area contributed by atoms with Crippen LogP contribution in [0.2, 0.25) is 0 Å². The fourth-order valence-electron chi connectivity index (χ4n) is 1.93. The van der Waals surface area contributed by atoms with Gasteiger partial charge in [0.2, 0.25) is 0 Å². The molecule has 2 N–H and O–H groups in total. The van der Waals surface area contributed by atoms with Gasteiger partial charge in [-0.25, -0.2) is 16.8 Å². The molecule has 1 aliphatic heterocycles. The van der Waals surface area contributed by atoms with E-state index in [0.717, 1.165) is 10.6 Å². The first-order chi connectivity index (χ1) is 9.28. The van der Waals surface area contributed by atoms with Gasteiger partial charge < -0.3 is 5.11 Å². The summed E-state index contributed by atoms with van der Waals surface area (Å²) in [6.07, 6.45) is 2.23. The molecule has 0 radical (unpaired) electrons. The summed E-state index contributed by atoms with van der Waals surface area (Å²) in [6.45, 7) is -0.383. The Hall–Kier alpha value is -0.620. The Kier molecular flexibility index (Phi) is 4.44. The quantitative estimate of drug-likeness (QED) is 0.721. The second-order valence-corrected chi connectivity index (χ2v) is 9.54. The molecule has 1 aromatic heterocycles. The molecule has 2 rings (SSSR count). The van der Waals surface area contributed by atoms with Crippen molar-refractivity contribution in [2.24, 2.45) is 0 Å². The number of thioether (sulfide) groups is 1. The molecule has 1 saturated heterocycles. The van der Waals surface area contributed by atoms with E-state index >= 15 is 0 Å². The summed E-state index contributed by atoms with van der Waals surface area (Å²) >= 11 is 1.40. The number of hydrogen-bond acceptors (Lipinski definition) is 7. The summed E-state index contributed by atoms with van der Waals surface area (Å²) in [7, 11) is -7.57. The van der Waals surface area contributed by atoms with E-state index in [1.165, 1.54) is 18.0 Å². The topological polar surface area (TPSA) is 120 Å². The number of nitrogens with zero attached hydrogens (tertiary/aromatic N) is 2. The van der Waals surface area contributed by atoms with Gasteiger partial charge in [-0.1, -0.05) is 0 Å². The zero-order valence-corrected chi connectivity index (χ0v) is 13.1. The third-order valence-electron chi connectivity index (χ3n) is 2.95. The van der Waals surface area contributed by atoms with E-state index in [1.54, 1.807) is 0 Å². The van der Waals surface area contributed by atoms with E-state index in [9.17, 15) is 16.8 Å². The molecule has 0 aliphatic carbocycles. The summed E-state index contributed by atoms with van der Waals surface area (Å²) in [4.78, 5) is 0. The van der Waals surface area contributed by atoms with E-state index in [2.05, 4.69) is 10.2 Å². The number of aliphatic hydroxyl groups excluding tert-OH is 1. The van der Waals surface area contributed by atoms with E-state index in [-0.39, 0.29) is 22.9 Å². The predicted octanol–water partition coefficient (Wildman–Crippen LogP) is -0.990. The van der Waals surface area contributed by atoms with Gasteiger partial charge in [0.1, 0.15) is 5.37 Å². The Balaban J connectivity index is 2.47. The molecule has 20 heavy (non-hydrogen) atoms. The summed E-state index contributed by atoms with van der Waals surface area (Å²) in [5.74, 6) is 0.717. The van der Waals surface area contributed by atoms with Crippen LogP contribution in [0.4, 0.5) is 0 Å². The molecule has 1 unspecified atom stereocenters. The number of aliphatic hydroxyl groups is 1. The van der Waals surface area contributed by atoms with Crippen LogP contribution in [0.3, 0.4) is 0 Å². The van der Waals surface area contributed by atoms with Crippen LogP contribution in [0.15, 0.2) is 11.2 Å². The molecule has 0 bridgehead atoms. The number of rotatable bonds is 4. The van der Waals surface area contributed by atoms with Crippen LogP contribution in [-0.4, -0.2) is 66.1 Å². The van der Waals surface area contributed by atoms with Crippen molar-refractivity contribution in [2.45, 2.75) is 17.0 Å². The molecule has 0 spiro atoms. The molecule has 11 heteroatoms. The first kappa shape index (κ1) is 15.8. The largest absolute Gasteiger partial charge is 0.392 e. The van der Waals surface area contributed by atoms with E-state index in [4.69, 9.17) is 5.11 Å². The van der Waals surface area contributed by atoms with Gasteiger partial charge in [0, 0.05) is 29.9 Å². The smallest absolute Gasteiger partial charge is 0.261 e. The van der Waals surface area contributed by atoms with Crippen LogP contribution in [0, 0.1) is 0 Å². The van der Waals surface area contributed by atoms with Crippen molar-refractivity contribution in [1.82, 2.24) is 14.5 Å². The lowest BCUT2D eigenvalue weighted by molar-refractivity contribution is 0.278. The van der Waals surface area contributed by atoms with Gasteiger partial charge in [-0.05, 0) is 0 Å². The molecular formula is C9H15N3O5S3. The Morgan fingerprint density at radius 3 is 2.80 bits per heavy atom. The Morgan fingerprint density at radius 2 is 2.20 bits per heavy atom. The van der Waals surface area contributed by atoms with Crippen LogP contribution in [0.25, 0.3) is 0 Å². The number of nitrogens with one attached hydrogen (secondary N) is 1. The molecule has 114 valence electrons. The van der Waals surface area contributed by atoms with Gasteiger partial charge in [0.15, 0.2) is 14.9 Å². The van der Waals surface area contributed by atoms with Crippen molar-refractivity contribution in [1.29, 1.82) is 0 Å². The van der Waals surface area contributed by atoms with Gasteiger partial charge in [0.05, 0.1) is 12.8 Å². The van der Waals surface area contributed by atoms with Crippen LogP contribution in [-0.2, 0) is 26.5 Å². The Morgan fingerprint density at radius 1 is 1.50 bits per heavy atom. The van der Waals surface area contributed by atoms with Crippen LogP contribution in [0.1, 0.15) is 5.56 Å². The highest BCUT2D eigenvalue weighted by Gasteiger charge is 2.40. The van der Waals surface area contributed by atoms with Crippen molar-refractivity contribution in [2.75, 3.05) is 24.3 Å². The third-order valence-corrected chi connectivity index (χ3v) is 7.65. The monoisotopic (exact) mass is 341 g/mol. The first-order valence-electron chi connectivity index (χ1n) is 5.70. The molecule has 1 aromatic rings. The van der Waals surface area contributed by atoms with Gasteiger partial charge in [-0.2, -0.15) is 21.2 Å². The van der Waals surface area contributed by atoms with Gasteiger partial charge in [-0.3, -0.25) is 5.10 Å². The molecule has 2 heterocycles. The SMILES string of the molecule is CS(=O)(=O)C1CSCCN1S(=O)(=O)c1[nH]ncc1CO. The van der Waals surface area contributed by atoms with Crippen molar-refractivity contribution in [3.63, 3.8) is 0 Å². The average Bonchev–Trinajstić information content (AvgIpc) is 2.86. The van der Waals surface area contributed by atoms with Crippen molar-refractivity contribution in [3.8, 4) is 0 Å². The zero-order chi connectivity index (χ0) is 15.0. The summed E-state index contributed by atoms with van der Waals surface area (Å²) in [5, 5.41) is 13.7. The normalized spacial score (nSPS) is 22.0. The highest BCUT2D eigenvalue weighted by atomic mass is 32.2. The minimum atomic E-state index is -4.03. The van der Waals surface area contributed by atoms with Crippen LogP contribution in [0.5, 0.6) is 0 Å².